The van der Waals surface area contributed by atoms with E-state index in [1.54, 1.807) is 25.1 Å². The number of likely N-dealkylation sites (tertiary alicyclic amines) is 2. The molecule has 3 atom stereocenters. The largest absolute Gasteiger partial charge is 0.387 e. The fraction of sp³-hybridized carbons (Fsp3) is 0.611. The SMILES string of the molecule is CC(=O)N1CCC[C@@H]1[C@@H]1CCCN1C[C@H](O)c1ccccc1F. The summed E-state index contributed by atoms with van der Waals surface area (Å²) in [7, 11) is 0. The molecule has 2 fully saturated rings. The molecule has 126 valence electrons. The highest BCUT2D eigenvalue weighted by molar-refractivity contribution is 5.74. The summed E-state index contributed by atoms with van der Waals surface area (Å²) in [6.07, 6.45) is 3.35. The molecule has 2 saturated heterocycles. The number of aliphatic hydroxyl groups is 1. The zero-order chi connectivity index (χ0) is 16.4. The minimum Gasteiger partial charge on any atom is -0.387 e. The summed E-state index contributed by atoms with van der Waals surface area (Å²) >= 11 is 0. The maximum absolute atomic E-state index is 13.8. The second kappa shape index (κ2) is 6.97. The summed E-state index contributed by atoms with van der Waals surface area (Å²) in [6.45, 7) is 3.79. The van der Waals surface area contributed by atoms with Crippen molar-refractivity contribution in [3.05, 3.63) is 35.6 Å². The Morgan fingerprint density at radius 1 is 1.26 bits per heavy atom. The third-order valence-electron chi connectivity index (χ3n) is 5.23. The molecule has 3 rings (SSSR count). The van der Waals surface area contributed by atoms with Crippen LogP contribution in [0.25, 0.3) is 0 Å². The van der Waals surface area contributed by atoms with Crippen molar-refractivity contribution in [1.82, 2.24) is 9.80 Å². The van der Waals surface area contributed by atoms with Crippen molar-refractivity contribution in [2.75, 3.05) is 19.6 Å². The highest BCUT2D eigenvalue weighted by Gasteiger charge is 2.39. The van der Waals surface area contributed by atoms with E-state index >= 15 is 0 Å². The van der Waals surface area contributed by atoms with Crippen molar-refractivity contribution in [1.29, 1.82) is 0 Å². The molecule has 0 radical (unpaired) electrons. The van der Waals surface area contributed by atoms with Crippen molar-refractivity contribution >= 4 is 5.91 Å². The van der Waals surface area contributed by atoms with E-state index in [1.165, 1.54) is 6.07 Å². The molecule has 0 saturated carbocycles. The molecular weight excluding hydrogens is 295 g/mol. The highest BCUT2D eigenvalue weighted by atomic mass is 19.1. The number of β-amino-alcohol motifs (C(OH)–C–C–N with tert-alkyl or cyclic N) is 1. The van der Waals surface area contributed by atoms with Crippen LogP contribution in [-0.4, -0.2) is 52.5 Å². The van der Waals surface area contributed by atoms with Crippen molar-refractivity contribution in [3.63, 3.8) is 0 Å². The van der Waals surface area contributed by atoms with Crippen LogP contribution in [0, 0.1) is 5.82 Å². The lowest BCUT2D eigenvalue weighted by Gasteiger charge is -2.35. The first-order valence-corrected chi connectivity index (χ1v) is 8.51. The van der Waals surface area contributed by atoms with E-state index in [2.05, 4.69) is 4.90 Å². The Balaban J connectivity index is 1.70. The number of nitrogens with zero attached hydrogens (tertiary/aromatic N) is 2. The molecule has 0 bridgehead atoms. The number of rotatable bonds is 4. The number of halogens is 1. The average molecular weight is 320 g/mol. The van der Waals surface area contributed by atoms with Gasteiger partial charge in [-0.1, -0.05) is 18.2 Å². The van der Waals surface area contributed by atoms with Gasteiger partial charge >= 0.3 is 0 Å². The third kappa shape index (κ3) is 3.40. The summed E-state index contributed by atoms with van der Waals surface area (Å²) in [6, 6.07) is 6.92. The zero-order valence-electron chi connectivity index (χ0n) is 13.6. The minimum absolute atomic E-state index is 0.133. The molecule has 2 heterocycles. The molecule has 1 aromatic carbocycles. The predicted molar refractivity (Wildman–Crippen MR) is 86.4 cm³/mol. The van der Waals surface area contributed by atoms with Gasteiger partial charge in [-0.15, -0.1) is 0 Å². The van der Waals surface area contributed by atoms with Gasteiger partial charge in [0.15, 0.2) is 0 Å². The quantitative estimate of drug-likeness (QED) is 0.926. The Morgan fingerprint density at radius 2 is 1.96 bits per heavy atom. The number of benzene rings is 1. The van der Waals surface area contributed by atoms with Crippen molar-refractivity contribution < 1.29 is 14.3 Å². The molecule has 5 heteroatoms. The van der Waals surface area contributed by atoms with E-state index in [0.717, 1.165) is 38.8 Å². The molecule has 1 aromatic rings. The summed E-state index contributed by atoms with van der Waals surface area (Å²) < 4.78 is 13.8. The van der Waals surface area contributed by atoms with Gasteiger partial charge in [-0.2, -0.15) is 0 Å². The lowest BCUT2D eigenvalue weighted by atomic mass is 10.0. The van der Waals surface area contributed by atoms with E-state index in [0.29, 0.717) is 12.1 Å². The molecule has 0 aliphatic carbocycles. The Hall–Kier alpha value is -1.46. The van der Waals surface area contributed by atoms with Gasteiger partial charge in [0.1, 0.15) is 5.82 Å². The Bertz CT molecular complexity index is 566. The van der Waals surface area contributed by atoms with Gasteiger partial charge in [-0.05, 0) is 38.3 Å². The van der Waals surface area contributed by atoms with Gasteiger partial charge < -0.3 is 10.0 Å². The molecule has 1 amide bonds. The van der Waals surface area contributed by atoms with E-state index in [4.69, 9.17) is 0 Å². The van der Waals surface area contributed by atoms with E-state index < -0.39 is 6.10 Å². The Kier molecular flexibility index (Phi) is 4.97. The van der Waals surface area contributed by atoms with Gasteiger partial charge in [0.25, 0.3) is 0 Å². The number of hydrogen-bond acceptors (Lipinski definition) is 3. The molecule has 4 nitrogen and oxygen atoms in total. The third-order valence-corrected chi connectivity index (χ3v) is 5.23. The van der Waals surface area contributed by atoms with E-state index in [9.17, 15) is 14.3 Å². The summed E-state index contributed by atoms with van der Waals surface area (Å²) in [5.74, 6) is -0.226. The van der Waals surface area contributed by atoms with Crippen LogP contribution in [-0.2, 0) is 4.79 Å². The van der Waals surface area contributed by atoms with Crippen LogP contribution in [0.5, 0.6) is 0 Å². The molecule has 1 N–H and O–H groups in total. The van der Waals surface area contributed by atoms with Gasteiger partial charge in [-0.25, -0.2) is 4.39 Å². The lowest BCUT2D eigenvalue weighted by molar-refractivity contribution is -0.130. The first kappa shape index (κ1) is 16.4. The molecule has 0 unspecified atom stereocenters. The van der Waals surface area contributed by atoms with Crippen molar-refractivity contribution in [2.24, 2.45) is 0 Å². The smallest absolute Gasteiger partial charge is 0.219 e. The highest BCUT2D eigenvalue weighted by Crippen LogP contribution is 2.31. The van der Waals surface area contributed by atoms with Crippen molar-refractivity contribution in [3.8, 4) is 0 Å². The van der Waals surface area contributed by atoms with Gasteiger partial charge in [-0.3, -0.25) is 9.69 Å². The molecule has 2 aliphatic heterocycles. The maximum Gasteiger partial charge on any atom is 0.219 e. The van der Waals surface area contributed by atoms with Gasteiger partial charge in [0.2, 0.25) is 5.91 Å². The fourth-order valence-electron chi connectivity index (χ4n) is 4.16. The minimum atomic E-state index is -0.830. The summed E-state index contributed by atoms with van der Waals surface area (Å²) in [5.41, 5.74) is 0.355. The Labute approximate surface area is 136 Å². The van der Waals surface area contributed by atoms with Crippen molar-refractivity contribution in [2.45, 2.75) is 50.8 Å². The number of hydrogen-bond donors (Lipinski definition) is 1. The first-order valence-electron chi connectivity index (χ1n) is 8.51. The number of carbonyl (C=O) groups excluding carboxylic acids is 1. The number of carbonyl (C=O) groups is 1. The summed E-state index contributed by atoms with van der Waals surface area (Å²) in [4.78, 5) is 16.0. The first-order chi connectivity index (χ1) is 11.1. The molecule has 0 aromatic heterocycles. The maximum atomic E-state index is 13.8. The number of aliphatic hydroxyl groups excluding tert-OH is 1. The van der Waals surface area contributed by atoms with Gasteiger partial charge in [0.05, 0.1) is 6.10 Å². The van der Waals surface area contributed by atoms with Crippen LogP contribution in [0.3, 0.4) is 0 Å². The molecule has 0 spiro atoms. The zero-order valence-corrected chi connectivity index (χ0v) is 13.6. The van der Waals surface area contributed by atoms with Crippen LogP contribution in [0.2, 0.25) is 0 Å². The van der Waals surface area contributed by atoms with Gasteiger partial charge in [0, 0.05) is 37.7 Å². The summed E-state index contributed by atoms with van der Waals surface area (Å²) in [5, 5.41) is 10.4. The molecule has 23 heavy (non-hydrogen) atoms. The second-order valence-electron chi connectivity index (χ2n) is 6.66. The fourth-order valence-corrected chi connectivity index (χ4v) is 4.16. The topological polar surface area (TPSA) is 43.8 Å². The predicted octanol–water partition coefficient (Wildman–Crippen LogP) is 2.33. The molecular formula is C18H25FN2O2. The Morgan fingerprint density at radius 3 is 2.70 bits per heavy atom. The van der Waals surface area contributed by atoms with E-state index in [1.807, 2.05) is 4.90 Å². The standard InChI is InChI=1S/C18H25FN2O2/c1-13(22)21-11-5-9-17(21)16-8-4-10-20(16)12-18(23)14-6-2-3-7-15(14)19/h2-3,6-7,16-18,23H,4-5,8-12H2,1H3/t16-,17+,18-/m0/s1. The van der Waals surface area contributed by atoms with Crippen LogP contribution >= 0.6 is 0 Å². The monoisotopic (exact) mass is 320 g/mol. The van der Waals surface area contributed by atoms with Crippen LogP contribution in [0.1, 0.15) is 44.3 Å². The number of amides is 1. The normalized spacial score (nSPS) is 26.7. The van der Waals surface area contributed by atoms with E-state index in [-0.39, 0.29) is 23.8 Å². The average Bonchev–Trinajstić information content (AvgIpc) is 3.15. The lowest BCUT2D eigenvalue weighted by Crippen LogP contribution is -2.48. The van der Waals surface area contributed by atoms with Crippen LogP contribution in [0.4, 0.5) is 4.39 Å². The van der Waals surface area contributed by atoms with Crippen LogP contribution in [0.15, 0.2) is 24.3 Å². The molecule has 2 aliphatic rings. The second-order valence-corrected chi connectivity index (χ2v) is 6.66. The van der Waals surface area contributed by atoms with Crippen LogP contribution < -0.4 is 0 Å².